The number of rotatable bonds is 4. The lowest BCUT2D eigenvalue weighted by Crippen LogP contribution is -2.30. The fourth-order valence-electron chi connectivity index (χ4n) is 3.25. The first kappa shape index (κ1) is 15.6. The Hall–Kier alpha value is -1.96. The molecule has 2 aliphatic rings. The second-order valence-corrected chi connectivity index (χ2v) is 9.02. The minimum absolute atomic E-state index is 0.0113. The zero-order valence-electron chi connectivity index (χ0n) is 13.4. The molecule has 1 unspecified atom stereocenters. The van der Waals surface area contributed by atoms with Crippen LogP contribution in [0.15, 0.2) is 10.6 Å². The van der Waals surface area contributed by atoms with Gasteiger partial charge in [-0.1, -0.05) is 5.16 Å². The van der Waals surface area contributed by atoms with Gasteiger partial charge in [0.2, 0.25) is 0 Å². The van der Waals surface area contributed by atoms with Crippen LogP contribution in [0.4, 0.5) is 0 Å². The SMILES string of the molecule is Cc1noc2nc(C3CC3)cc(C(=O)NCC3CCS(=O)(=O)C3)c12. The minimum Gasteiger partial charge on any atom is -0.352 e. The normalized spacial score (nSPS) is 22.8. The first-order valence-corrected chi connectivity index (χ1v) is 10.0. The molecule has 1 saturated carbocycles. The van der Waals surface area contributed by atoms with Crippen LogP contribution in [0.1, 0.15) is 46.9 Å². The van der Waals surface area contributed by atoms with Gasteiger partial charge in [0.25, 0.3) is 11.6 Å². The fraction of sp³-hybridized carbons (Fsp3) is 0.562. The molecule has 2 aromatic rings. The molecule has 1 N–H and O–H groups in total. The molecule has 1 aliphatic heterocycles. The Morgan fingerprint density at radius 3 is 2.83 bits per heavy atom. The van der Waals surface area contributed by atoms with Crippen LogP contribution < -0.4 is 5.32 Å². The number of amides is 1. The number of pyridine rings is 1. The molecule has 24 heavy (non-hydrogen) atoms. The highest BCUT2D eigenvalue weighted by atomic mass is 32.2. The van der Waals surface area contributed by atoms with E-state index in [9.17, 15) is 13.2 Å². The molecule has 1 aliphatic carbocycles. The topological polar surface area (TPSA) is 102 Å². The summed E-state index contributed by atoms with van der Waals surface area (Å²) in [5.74, 6) is 0.524. The molecular weight excluding hydrogens is 330 g/mol. The third-order valence-electron chi connectivity index (χ3n) is 4.76. The minimum atomic E-state index is -2.94. The number of carbonyl (C=O) groups excluding carboxylic acids is 1. The number of hydrogen-bond acceptors (Lipinski definition) is 6. The molecule has 1 amide bonds. The van der Waals surface area contributed by atoms with Crippen molar-refractivity contribution in [3.8, 4) is 0 Å². The maximum absolute atomic E-state index is 12.7. The average molecular weight is 349 g/mol. The van der Waals surface area contributed by atoms with E-state index in [0.29, 0.717) is 41.2 Å². The van der Waals surface area contributed by atoms with E-state index in [2.05, 4.69) is 15.5 Å². The van der Waals surface area contributed by atoms with Gasteiger partial charge in [-0.25, -0.2) is 13.4 Å². The van der Waals surface area contributed by atoms with E-state index in [0.717, 1.165) is 18.5 Å². The van der Waals surface area contributed by atoms with E-state index in [4.69, 9.17) is 4.52 Å². The lowest BCUT2D eigenvalue weighted by Gasteiger charge is -2.11. The van der Waals surface area contributed by atoms with Crippen molar-refractivity contribution < 1.29 is 17.7 Å². The average Bonchev–Trinajstić information content (AvgIpc) is 3.25. The second kappa shape index (κ2) is 5.54. The summed E-state index contributed by atoms with van der Waals surface area (Å²) in [5, 5.41) is 7.43. The van der Waals surface area contributed by atoms with E-state index < -0.39 is 9.84 Å². The number of nitrogens with zero attached hydrogens (tertiary/aromatic N) is 2. The number of aryl methyl sites for hydroxylation is 1. The number of nitrogens with one attached hydrogen (secondary N) is 1. The molecule has 8 heteroatoms. The Morgan fingerprint density at radius 2 is 2.17 bits per heavy atom. The molecule has 7 nitrogen and oxygen atoms in total. The first-order valence-electron chi connectivity index (χ1n) is 8.18. The molecule has 3 heterocycles. The molecule has 4 rings (SSSR count). The van der Waals surface area contributed by atoms with Crippen LogP contribution in [0.5, 0.6) is 0 Å². The summed E-state index contributed by atoms with van der Waals surface area (Å²) in [6.07, 6.45) is 2.76. The summed E-state index contributed by atoms with van der Waals surface area (Å²) in [6, 6.07) is 1.82. The maximum atomic E-state index is 12.7. The van der Waals surface area contributed by atoms with E-state index in [1.165, 1.54) is 0 Å². The van der Waals surface area contributed by atoms with Crippen LogP contribution in [-0.2, 0) is 9.84 Å². The predicted molar refractivity (Wildman–Crippen MR) is 87.6 cm³/mol. The smallest absolute Gasteiger partial charge is 0.259 e. The zero-order chi connectivity index (χ0) is 16.9. The van der Waals surface area contributed by atoms with Crippen molar-refractivity contribution in [3.05, 3.63) is 23.0 Å². The van der Waals surface area contributed by atoms with Crippen molar-refractivity contribution >= 4 is 26.8 Å². The summed E-state index contributed by atoms with van der Waals surface area (Å²) in [7, 11) is -2.94. The van der Waals surface area contributed by atoms with Gasteiger partial charge in [-0.05, 0) is 38.2 Å². The van der Waals surface area contributed by atoms with Gasteiger partial charge in [-0.2, -0.15) is 0 Å². The van der Waals surface area contributed by atoms with Crippen molar-refractivity contribution in [3.63, 3.8) is 0 Å². The summed E-state index contributed by atoms with van der Waals surface area (Å²) >= 11 is 0. The second-order valence-electron chi connectivity index (χ2n) is 6.80. The van der Waals surface area contributed by atoms with Gasteiger partial charge >= 0.3 is 0 Å². The van der Waals surface area contributed by atoms with Gasteiger partial charge in [-0.3, -0.25) is 4.79 Å². The fourth-order valence-corrected chi connectivity index (χ4v) is 5.11. The molecule has 0 aromatic carbocycles. The van der Waals surface area contributed by atoms with Gasteiger partial charge in [0.1, 0.15) is 0 Å². The standard InChI is InChI=1S/C16H19N3O4S/c1-9-14-12(6-13(11-2-3-11)18-16(14)23-19-9)15(20)17-7-10-4-5-24(21,22)8-10/h6,10-11H,2-5,7-8H2,1H3,(H,17,20). The predicted octanol–water partition coefficient (Wildman–Crippen LogP) is 1.57. The number of hydrogen-bond donors (Lipinski definition) is 1. The van der Waals surface area contributed by atoms with Gasteiger partial charge in [-0.15, -0.1) is 0 Å². The Balaban J connectivity index is 1.58. The number of aromatic nitrogens is 2. The van der Waals surface area contributed by atoms with Gasteiger partial charge in [0, 0.05) is 18.2 Å². The lowest BCUT2D eigenvalue weighted by molar-refractivity contribution is 0.0950. The van der Waals surface area contributed by atoms with E-state index in [-0.39, 0.29) is 23.3 Å². The summed E-state index contributed by atoms with van der Waals surface area (Å²) < 4.78 is 28.3. The Labute approximate surface area is 139 Å². The molecule has 2 aromatic heterocycles. The van der Waals surface area contributed by atoms with E-state index in [1.807, 2.05) is 6.07 Å². The van der Waals surface area contributed by atoms with Crippen LogP contribution in [0.2, 0.25) is 0 Å². The van der Waals surface area contributed by atoms with Crippen molar-refractivity contribution in [1.29, 1.82) is 0 Å². The molecule has 0 bridgehead atoms. The Bertz CT molecular complexity index is 915. The van der Waals surface area contributed by atoms with Gasteiger partial charge in [0.15, 0.2) is 9.84 Å². The molecule has 1 atom stereocenters. The maximum Gasteiger partial charge on any atom is 0.259 e. The number of fused-ring (bicyclic) bond motifs is 1. The van der Waals surface area contributed by atoms with Crippen molar-refractivity contribution in [2.24, 2.45) is 5.92 Å². The molecule has 2 fully saturated rings. The molecule has 1 saturated heterocycles. The van der Waals surface area contributed by atoms with Crippen LogP contribution in [0.25, 0.3) is 11.1 Å². The Kier molecular flexibility index (Phi) is 3.59. The van der Waals surface area contributed by atoms with E-state index in [1.54, 1.807) is 6.92 Å². The molecule has 0 radical (unpaired) electrons. The quantitative estimate of drug-likeness (QED) is 0.899. The largest absolute Gasteiger partial charge is 0.352 e. The molecule has 0 spiro atoms. The van der Waals surface area contributed by atoms with Crippen LogP contribution in [0.3, 0.4) is 0 Å². The van der Waals surface area contributed by atoms with Crippen molar-refractivity contribution in [2.75, 3.05) is 18.1 Å². The van der Waals surface area contributed by atoms with Crippen LogP contribution in [0, 0.1) is 12.8 Å². The highest BCUT2D eigenvalue weighted by Gasteiger charge is 2.30. The van der Waals surface area contributed by atoms with E-state index >= 15 is 0 Å². The lowest BCUT2D eigenvalue weighted by atomic mass is 10.1. The zero-order valence-corrected chi connectivity index (χ0v) is 14.2. The third kappa shape index (κ3) is 2.90. The first-order chi connectivity index (χ1) is 11.4. The molecular formula is C16H19N3O4S. The number of carbonyl (C=O) groups is 1. The summed E-state index contributed by atoms with van der Waals surface area (Å²) in [6.45, 7) is 2.15. The summed E-state index contributed by atoms with van der Waals surface area (Å²) in [4.78, 5) is 17.1. The van der Waals surface area contributed by atoms with Crippen molar-refractivity contribution in [2.45, 2.75) is 32.1 Å². The van der Waals surface area contributed by atoms with Crippen LogP contribution in [-0.4, -0.2) is 42.5 Å². The van der Waals surface area contributed by atoms with Crippen molar-refractivity contribution in [1.82, 2.24) is 15.5 Å². The monoisotopic (exact) mass is 349 g/mol. The number of sulfone groups is 1. The van der Waals surface area contributed by atoms with Gasteiger partial charge in [0.05, 0.1) is 28.1 Å². The highest BCUT2D eigenvalue weighted by Crippen LogP contribution is 2.40. The summed E-state index contributed by atoms with van der Waals surface area (Å²) in [5.41, 5.74) is 2.41. The van der Waals surface area contributed by atoms with Gasteiger partial charge < -0.3 is 9.84 Å². The third-order valence-corrected chi connectivity index (χ3v) is 6.59. The Morgan fingerprint density at radius 1 is 1.38 bits per heavy atom. The molecule has 128 valence electrons. The van der Waals surface area contributed by atoms with Crippen LogP contribution >= 0.6 is 0 Å². The highest BCUT2D eigenvalue weighted by molar-refractivity contribution is 7.91.